The number of pyridine rings is 1. The topological polar surface area (TPSA) is 107 Å². The van der Waals surface area contributed by atoms with E-state index in [-0.39, 0.29) is 5.91 Å². The zero-order valence-electron chi connectivity index (χ0n) is 18.9. The molecule has 4 heterocycles. The SMILES string of the molecule is C=C(O)C(F)(F)F.O=C1NCCc2[nH]c(-c3ccnc(/C=C/c4cn[nH]c4-c4ccccc4)c3)cc21. The molecule has 10 heteroatoms. The number of carbonyl (C=O) groups excluding carboxylic acids is 1. The van der Waals surface area contributed by atoms with Crippen LogP contribution in [0.5, 0.6) is 0 Å². The molecule has 0 saturated carbocycles. The van der Waals surface area contributed by atoms with Crippen molar-refractivity contribution >= 4 is 18.1 Å². The van der Waals surface area contributed by atoms with Gasteiger partial charge in [0.05, 0.1) is 23.1 Å². The molecule has 0 unspecified atom stereocenters. The quantitative estimate of drug-likeness (QED) is 0.280. The Morgan fingerprint density at radius 1 is 1.08 bits per heavy atom. The number of nitrogens with zero attached hydrogens (tertiary/aromatic N) is 2. The molecule has 7 nitrogen and oxygen atoms in total. The van der Waals surface area contributed by atoms with E-state index in [1.54, 1.807) is 12.4 Å². The Morgan fingerprint density at radius 3 is 2.53 bits per heavy atom. The first-order valence-corrected chi connectivity index (χ1v) is 10.9. The van der Waals surface area contributed by atoms with E-state index in [2.05, 4.69) is 32.1 Å². The normalized spacial score (nSPS) is 13.0. The Labute approximate surface area is 204 Å². The van der Waals surface area contributed by atoms with Gasteiger partial charge in [-0.25, -0.2) is 0 Å². The highest BCUT2D eigenvalue weighted by Gasteiger charge is 2.31. The number of aliphatic hydroxyl groups excluding tert-OH is 1. The summed E-state index contributed by atoms with van der Waals surface area (Å²) in [5, 5.41) is 17.7. The van der Waals surface area contributed by atoms with Crippen molar-refractivity contribution in [3.8, 4) is 22.5 Å². The van der Waals surface area contributed by atoms with Crippen LogP contribution in [-0.4, -0.2) is 43.9 Å². The summed E-state index contributed by atoms with van der Waals surface area (Å²) in [7, 11) is 0. The summed E-state index contributed by atoms with van der Waals surface area (Å²) in [6.45, 7) is 2.93. The number of nitrogens with one attached hydrogen (secondary N) is 3. The van der Waals surface area contributed by atoms with E-state index in [4.69, 9.17) is 5.11 Å². The largest absolute Gasteiger partial charge is 0.505 e. The van der Waals surface area contributed by atoms with Crippen molar-refractivity contribution < 1.29 is 23.1 Å². The molecule has 1 amide bonds. The predicted octanol–water partition coefficient (Wildman–Crippen LogP) is 5.54. The van der Waals surface area contributed by atoms with E-state index in [0.29, 0.717) is 6.54 Å². The van der Waals surface area contributed by atoms with Crippen molar-refractivity contribution in [3.63, 3.8) is 0 Å². The van der Waals surface area contributed by atoms with Gasteiger partial charge in [0.15, 0.2) is 5.76 Å². The number of carbonyl (C=O) groups is 1. The fourth-order valence-corrected chi connectivity index (χ4v) is 3.59. The summed E-state index contributed by atoms with van der Waals surface area (Å²) in [5.74, 6) is -1.77. The molecule has 1 aromatic carbocycles. The fraction of sp³-hybridized carbons (Fsp3) is 0.115. The highest BCUT2D eigenvalue weighted by Crippen LogP contribution is 2.26. The number of hydrogen-bond acceptors (Lipinski definition) is 4. The van der Waals surface area contributed by atoms with E-state index in [1.807, 2.05) is 60.7 Å². The van der Waals surface area contributed by atoms with Crippen LogP contribution in [0.4, 0.5) is 13.2 Å². The predicted molar refractivity (Wildman–Crippen MR) is 131 cm³/mol. The average molecular weight is 493 g/mol. The number of aromatic nitrogens is 4. The zero-order valence-corrected chi connectivity index (χ0v) is 18.9. The van der Waals surface area contributed by atoms with Crippen molar-refractivity contribution in [2.45, 2.75) is 12.6 Å². The van der Waals surface area contributed by atoms with E-state index in [0.717, 1.165) is 51.5 Å². The van der Waals surface area contributed by atoms with Gasteiger partial charge in [-0.1, -0.05) is 36.9 Å². The van der Waals surface area contributed by atoms with Gasteiger partial charge in [0.25, 0.3) is 5.91 Å². The number of rotatable bonds is 4. The summed E-state index contributed by atoms with van der Waals surface area (Å²) in [6, 6.07) is 16.0. The van der Waals surface area contributed by atoms with Gasteiger partial charge in [0.2, 0.25) is 0 Å². The highest BCUT2D eigenvalue weighted by atomic mass is 19.4. The summed E-state index contributed by atoms with van der Waals surface area (Å²) in [6.07, 6.45) is 3.74. The van der Waals surface area contributed by atoms with E-state index >= 15 is 0 Å². The molecule has 5 rings (SSSR count). The third-order valence-corrected chi connectivity index (χ3v) is 5.39. The van der Waals surface area contributed by atoms with Crippen LogP contribution in [0.3, 0.4) is 0 Å². The van der Waals surface area contributed by atoms with Gasteiger partial charge >= 0.3 is 6.18 Å². The monoisotopic (exact) mass is 493 g/mol. The van der Waals surface area contributed by atoms with Crippen LogP contribution in [0.2, 0.25) is 0 Å². The number of fused-ring (bicyclic) bond motifs is 1. The third-order valence-electron chi connectivity index (χ3n) is 5.39. The summed E-state index contributed by atoms with van der Waals surface area (Å²) in [4.78, 5) is 19.8. The zero-order chi connectivity index (χ0) is 25.7. The molecule has 4 aromatic rings. The summed E-state index contributed by atoms with van der Waals surface area (Å²) < 4.78 is 32.5. The summed E-state index contributed by atoms with van der Waals surface area (Å²) >= 11 is 0. The molecule has 0 spiro atoms. The van der Waals surface area contributed by atoms with E-state index < -0.39 is 11.9 Å². The maximum absolute atomic E-state index is 12.0. The van der Waals surface area contributed by atoms with Gasteiger partial charge in [-0.3, -0.25) is 14.9 Å². The number of allylic oxidation sites excluding steroid dienone is 1. The minimum atomic E-state index is -4.64. The number of amides is 1. The Bertz CT molecular complexity index is 1400. The van der Waals surface area contributed by atoms with Crippen molar-refractivity contribution in [1.82, 2.24) is 25.5 Å². The van der Waals surface area contributed by atoms with E-state index in [1.165, 1.54) is 0 Å². The van der Waals surface area contributed by atoms with Crippen LogP contribution in [0.25, 0.3) is 34.7 Å². The lowest BCUT2D eigenvalue weighted by Crippen LogP contribution is -2.31. The van der Waals surface area contributed by atoms with Crippen LogP contribution < -0.4 is 5.32 Å². The first-order chi connectivity index (χ1) is 17.2. The van der Waals surface area contributed by atoms with Crippen LogP contribution >= 0.6 is 0 Å². The molecule has 0 bridgehead atoms. The van der Waals surface area contributed by atoms with Crippen molar-refractivity contribution in [2.24, 2.45) is 0 Å². The fourth-order valence-electron chi connectivity index (χ4n) is 3.59. The molecule has 0 radical (unpaired) electrons. The van der Waals surface area contributed by atoms with Crippen molar-refractivity contribution in [1.29, 1.82) is 0 Å². The van der Waals surface area contributed by atoms with Gasteiger partial charge in [0, 0.05) is 47.2 Å². The van der Waals surface area contributed by atoms with Gasteiger partial charge in [-0.05, 0) is 30.4 Å². The molecule has 184 valence electrons. The van der Waals surface area contributed by atoms with Crippen molar-refractivity contribution in [3.05, 3.63) is 95.8 Å². The lowest BCUT2D eigenvalue weighted by Gasteiger charge is -2.10. The lowest BCUT2D eigenvalue weighted by molar-refractivity contribution is -0.119. The molecular formula is C26H22F3N5O2. The average Bonchev–Trinajstić information content (AvgIpc) is 3.51. The van der Waals surface area contributed by atoms with E-state index in [9.17, 15) is 18.0 Å². The molecule has 0 fully saturated rings. The second-order valence-corrected chi connectivity index (χ2v) is 7.89. The number of hydrogen-bond donors (Lipinski definition) is 4. The van der Waals surface area contributed by atoms with Gasteiger partial charge < -0.3 is 15.4 Å². The molecule has 1 aliphatic heterocycles. The van der Waals surface area contributed by atoms with Gasteiger partial charge in [-0.2, -0.15) is 18.3 Å². The molecule has 0 saturated heterocycles. The Kier molecular flexibility index (Phi) is 7.05. The number of aromatic amines is 2. The third kappa shape index (κ3) is 5.72. The Balaban J connectivity index is 0.000000384. The molecule has 3 aromatic heterocycles. The number of H-pyrrole nitrogens is 2. The maximum Gasteiger partial charge on any atom is 0.448 e. The maximum atomic E-state index is 12.0. The lowest BCUT2D eigenvalue weighted by atomic mass is 10.1. The number of aliphatic hydroxyl groups is 1. The number of benzene rings is 1. The molecular weight excluding hydrogens is 471 g/mol. The Hall–Kier alpha value is -4.60. The van der Waals surface area contributed by atoms with Crippen LogP contribution in [0.1, 0.15) is 27.3 Å². The van der Waals surface area contributed by atoms with Gasteiger partial charge in [-0.15, -0.1) is 0 Å². The van der Waals surface area contributed by atoms with Crippen LogP contribution in [0.15, 0.2) is 73.3 Å². The van der Waals surface area contributed by atoms with Crippen LogP contribution in [-0.2, 0) is 6.42 Å². The summed E-state index contributed by atoms with van der Waals surface area (Å²) in [5.41, 5.74) is 7.53. The minimum absolute atomic E-state index is 0.0173. The van der Waals surface area contributed by atoms with Gasteiger partial charge in [0.1, 0.15) is 0 Å². The second-order valence-electron chi connectivity index (χ2n) is 7.89. The molecule has 0 aliphatic carbocycles. The molecule has 36 heavy (non-hydrogen) atoms. The first-order valence-electron chi connectivity index (χ1n) is 10.9. The van der Waals surface area contributed by atoms with Crippen molar-refractivity contribution in [2.75, 3.05) is 6.54 Å². The molecule has 1 aliphatic rings. The Morgan fingerprint density at radius 2 is 1.83 bits per heavy atom. The number of halogens is 3. The molecule has 4 N–H and O–H groups in total. The highest BCUT2D eigenvalue weighted by molar-refractivity contribution is 5.97. The standard InChI is InChI=1S/C23H19N5O.C3H3F3O/c29-23-19-13-21(27-20(19)9-11-25-23)16-8-10-24-18(12-16)7-6-17-14-26-28-22(17)15-4-2-1-3-5-15;1-2(7)3(4,5)6/h1-8,10,12-14,27H,9,11H2,(H,25,29)(H,26,28);7H,1H2/b7-6+;. The smallest absolute Gasteiger partial charge is 0.448 e. The van der Waals surface area contributed by atoms with Crippen LogP contribution in [0, 0.1) is 0 Å². The first kappa shape index (κ1) is 24.5. The molecule has 0 atom stereocenters. The second kappa shape index (κ2) is 10.3. The minimum Gasteiger partial charge on any atom is -0.505 e. The number of alkyl halides is 3.